The van der Waals surface area contributed by atoms with E-state index < -0.39 is 5.41 Å². The molecular formula is C15H21NO3. The maximum atomic E-state index is 12.4. The van der Waals surface area contributed by atoms with E-state index >= 15 is 0 Å². The number of Topliss-reactive ketones (excluding diaryl/α,β-unsaturated/α-hetero) is 1. The van der Waals surface area contributed by atoms with Gasteiger partial charge in [0.1, 0.15) is 5.41 Å². The van der Waals surface area contributed by atoms with E-state index in [9.17, 15) is 14.9 Å². The smallest absolute Gasteiger partial charge is 0.309 e. The highest BCUT2D eigenvalue weighted by molar-refractivity contribution is 5.89. The molecule has 0 bridgehead atoms. The van der Waals surface area contributed by atoms with Gasteiger partial charge < -0.3 is 4.74 Å². The first-order valence-corrected chi connectivity index (χ1v) is 7.27. The molecule has 0 N–H and O–H groups in total. The zero-order chi connectivity index (χ0) is 13.9. The second-order valence-corrected chi connectivity index (χ2v) is 5.61. The van der Waals surface area contributed by atoms with Crippen LogP contribution in [-0.4, -0.2) is 18.4 Å². The van der Waals surface area contributed by atoms with Crippen LogP contribution in [0.15, 0.2) is 0 Å². The first kappa shape index (κ1) is 14.0. The second kappa shape index (κ2) is 5.73. The van der Waals surface area contributed by atoms with Gasteiger partial charge in [0.15, 0.2) is 5.78 Å². The van der Waals surface area contributed by atoms with Crippen molar-refractivity contribution in [2.75, 3.05) is 6.61 Å². The van der Waals surface area contributed by atoms with Gasteiger partial charge in [0.25, 0.3) is 0 Å². The van der Waals surface area contributed by atoms with Gasteiger partial charge in [-0.15, -0.1) is 0 Å². The molecule has 4 heteroatoms. The lowest BCUT2D eigenvalue weighted by atomic mass is 9.59. The monoisotopic (exact) mass is 263 g/mol. The number of nitriles is 1. The highest BCUT2D eigenvalue weighted by Gasteiger charge is 2.53. The molecule has 104 valence electrons. The molecule has 2 saturated carbocycles. The Morgan fingerprint density at radius 1 is 1.42 bits per heavy atom. The fourth-order valence-corrected chi connectivity index (χ4v) is 3.73. The Morgan fingerprint density at radius 2 is 2.21 bits per heavy atom. The van der Waals surface area contributed by atoms with Crippen LogP contribution < -0.4 is 0 Å². The number of rotatable bonds is 2. The predicted octanol–water partition coefficient (Wildman–Crippen LogP) is 2.62. The van der Waals surface area contributed by atoms with Crippen molar-refractivity contribution in [2.45, 2.75) is 51.9 Å². The number of nitrogens with zero attached hydrogens (tertiary/aromatic N) is 1. The number of carbonyl (C=O) groups is 2. The van der Waals surface area contributed by atoms with Crippen molar-refractivity contribution in [3.8, 4) is 6.07 Å². The molecule has 0 heterocycles. The molecule has 2 rings (SSSR count). The van der Waals surface area contributed by atoms with Gasteiger partial charge in [-0.05, 0) is 38.5 Å². The summed E-state index contributed by atoms with van der Waals surface area (Å²) in [6, 6.07) is 2.28. The van der Waals surface area contributed by atoms with Gasteiger partial charge in [-0.25, -0.2) is 0 Å². The Kier molecular flexibility index (Phi) is 4.24. The molecule has 2 aliphatic carbocycles. The lowest BCUT2D eigenvalue weighted by Gasteiger charge is -2.40. The minimum Gasteiger partial charge on any atom is -0.466 e. The highest BCUT2D eigenvalue weighted by atomic mass is 16.5. The molecule has 0 radical (unpaired) electrons. The van der Waals surface area contributed by atoms with E-state index in [4.69, 9.17) is 4.74 Å². The third kappa shape index (κ3) is 2.39. The van der Waals surface area contributed by atoms with Crippen LogP contribution in [0.5, 0.6) is 0 Å². The number of ether oxygens (including phenoxy) is 1. The number of fused-ring (bicyclic) bond motifs is 1. The molecule has 19 heavy (non-hydrogen) atoms. The van der Waals surface area contributed by atoms with Crippen LogP contribution in [-0.2, 0) is 14.3 Å². The van der Waals surface area contributed by atoms with E-state index in [0.29, 0.717) is 19.4 Å². The van der Waals surface area contributed by atoms with Crippen molar-refractivity contribution in [3.63, 3.8) is 0 Å². The average Bonchev–Trinajstić information content (AvgIpc) is 2.59. The van der Waals surface area contributed by atoms with E-state index in [1.807, 2.05) is 0 Å². The van der Waals surface area contributed by atoms with Crippen LogP contribution in [0.4, 0.5) is 0 Å². The van der Waals surface area contributed by atoms with Gasteiger partial charge in [0, 0.05) is 6.42 Å². The lowest BCUT2D eigenvalue weighted by molar-refractivity contribution is -0.155. The van der Waals surface area contributed by atoms with Crippen molar-refractivity contribution in [3.05, 3.63) is 0 Å². The summed E-state index contributed by atoms with van der Waals surface area (Å²) in [5.41, 5.74) is -0.924. The molecular weight excluding hydrogens is 242 g/mol. The van der Waals surface area contributed by atoms with Crippen LogP contribution in [0.3, 0.4) is 0 Å². The standard InChI is InChI=1S/C15H21NO3/c1-2-19-14(18)11-6-5-9-15(10-16)12(11)7-3-4-8-13(15)17/h11-12H,2-9H2,1H3/t11-,12-,15+/m1/s1. The van der Waals surface area contributed by atoms with Crippen LogP contribution in [0.1, 0.15) is 51.9 Å². The predicted molar refractivity (Wildman–Crippen MR) is 69.0 cm³/mol. The third-order valence-corrected chi connectivity index (χ3v) is 4.66. The molecule has 0 aromatic carbocycles. The number of hydrogen-bond donors (Lipinski definition) is 0. The van der Waals surface area contributed by atoms with E-state index in [0.717, 1.165) is 32.1 Å². The van der Waals surface area contributed by atoms with Gasteiger partial charge in [0.05, 0.1) is 18.6 Å². The molecule has 0 spiro atoms. The summed E-state index contributed by atoms with van der Waals surface area (Å²) in [4.78, 5) is 24.4. The summed E-state index contributed by atoms with van der Waals surface area (Å²) in [6.07, 6.45) is 5.18. The Hall–Kier alpha value is -1.37. The first-order chi connectivity index (χ1) is 9.15. The molecule has 0 aromatic rings. The van der Waals surface area contributed by atoms with E-state index in [2.05, 4.69) is 6.07 Å². The zero-order valence-corrected chi connectivity index (χ0v) is 11.5. The molecule has 0 aliphatic heterocycles. The van der Waals surface area contributed by atoms with E-state index in [-0.39, 0.29) is 23.6 Å². The van der Waals surface area contributed by atoms with Crippen LogP contribution in [0, 0.1) is 28.6 Å². The van der Waals surface area contributed by atoms with Crippen LogP contribution >= 0.6 is 0 Å². The topological polar surface area (TPSA) is 67.2 Å². The number of esters is 1. The number of hydrogen-bond acceptors (Lipinski definition) is 4. The normalized spacial score (nSPS) is 34.8. The molecule has 3 atom stereocenters. The van der Waals surface area contributed by atoms with Gasteiger partial charge in [-0.2, -0.15) is 5.26 Å². The molecule has 0 unspecified atom stereocenters. The van der Waals surface area contributed by atoms with Gasteiger partial charge in [-0.1, -0.05) is 12.8 Å². The number of ketones is 1. The van der Waals surface area contributed by atoms with Crippen molar-refractivity contribution >= 4 is 11.8 Å². The Balaban J connectivity index is 2.32. The molecule has 4 nitrogen and oxygen atoms in total. The van der Waals surface area contributed by atoms with Crippen LogP contribution in [0.25, 0.3) is 0 Å². The summed E-state index contributed by atoms with van der Waals surface area (Å²) in [7, 11) is 0. The zero-order valence-electron chi connectivity index (χ0n) is 11.5. The fourth-order valence-electron chi connectivity index (χ4n) is 3.73. The van der Waals surface area contributed by atoms with E-state index in [1.54, 1.807) is 6.92 Å². The summed E-state index contributed by atoms with van der Waals surface area (Å²) in [5, 5.41) is 9.58. The highest BCUT2D eigenvalue weighted by Crippen LogP contribution is 2.50. The van der Waals surface area contributed by atoms with E-state index in [1.165, 1.54) is 0 Å². The van der Waals surface area contributed by atoms with Gasteiger partial charge in [0.2, 0.25) is 0 Å². The molecule has 0 saturated heterocycles. The average molecular weight is 263 g/mol. The van der Waals surface area contributed by atoms with Crippen molar-refractivity contribution < 1.29 is 14.3 Å². The van der Waals surface area contributed by atoms with Gasteiger partial charge in [-0.3, -0.25) is 9.59 Å². The molecule has 0 amide bonds. The Labute approximate surface area is 114 Å². The summed E-state index contributed by atoms with van der Waals surface area (Å²) in [5.74, 6) is -0.580. The maximum Gasteiger partial charge on any atom is 0.309 e. The second-order valence-electron chi connectivity index (χ2n) is 5.61. The molecule has 2 fully saturated rings. The lowest BCUT2D eigenvalue weighted by Crippen LogP contribution is -2.46. The largest absolute Gasteiger partial charge is 0.466 e. The summed E-state index contributed by atoms with van der Waals surface area (Å²) >= 11 is 0. The number of carbonyl (C=O) groups excluding carboxylic acids is 2. The first-order valence-electron chi connectivity index (χ1n) is 7.27. The van der Waals surface area contributed by atoms with Crippen molar-refractivity contribution in [2.24, 2.45) is 17.3 Å². The van der Waals surface area contributed by atoms with Crippen molar-refractivity contribution in [1.82, 2.24) is 0 Å². The quantitative estimate of drug-likeness (QED) is 0.718. The van der Waals surface area contributed by atoms with Gasteiger partial charge >= 0.3 is 5.97 Å². The van der Waals surface area contributed by atoms with Crippen molar-refractivity contribution in [1.29, 1.82) is 5.26 Å². The Bertz CT molecular complexity index is 412. The Morgan fingerprint density at radius 3 is 2.89 bits per heavy atom. The summed E-state index contributed by atoms with van der Waals surface area (Å²) in [6.45, 7) is 2.14. The molecule has 2 aliphatic rings. The van der Waals surface area contributed by atoms with Crippen LogP contribution in [0.2, 0.25) is 0 Å². The SMILES string of the molecule is CCOC(=O)[C@@H]1CCC[C@@]2(C#N)C(=O)CCCC[C@H]12. The minimum atomic E-state index is -0.924. The molecule has 0 aromatic heterocycles. The fraction of sp³-hybridized carbons (Fsp3) is 0.800. The third-order valence-electron chi connectivity index (χ3n) is 4.66. The maximum absolute atomic E-state index is 12.4. The summed E-state index contributed by atoms with van der Waals surface area (Å²) < 4.78 is 5.14. The minimum absolute atomic E-state index is 0.0477.